The van der Waals surface area contributed by atoms with Crippen LogP contribution in [-0.2, 0) is 4.79 Å². The Morgan fingerprint density at radius 3 is 2.83 bits per heavy atom. The van der Waals surface area contributed by atoms with Crippen LogP contribution in [0.4, 0.5) is 5.69 Å². The number of hydrogen-bond donors (Lipinski definition) is 1. The summed E-state index contributed by atoms with van der Waals surface area (Å²) in [4.78, 5) is 13.6. The summed E-state index contributed by atoms with van der Waals surface area (Å²) in [5.41, 5.74) is 0.926. The first-order valence-corrected chi connectivity index (χ1v) is 5.98. The molecule has 0 radical (unpaired) electrons. The molecular formula is C13H18N2O3. The van der Waals surface area contributed by atoms with Crippen LogP contribution < -0.4 is 19.7 Å². The van der Waals surface area contributed by atoms with E-state index in [1.165, 1.54) is 0 Å². The summed E-state index contributed by atoms with van der Waals surface area (Å²) >= 11 is 0. The minimum atomic E-state index is 0.0466. The van der Waals surface area contributed by atoms with Crippen molar-refractivity contribution in [3.63, 3.8) is 0 Å². The fourth-order valence-electron chi connectivity index (χ4n) is 2.06. The summed E-state index contributed by atoms with van der Waals surface area (Å²) < 4.78 is 10.5. The molecule has 1 amide bonds. The van der Waals surface area contributed by atoms with Crippen molar-refractivity contribution in [2.75, 3.05) is 38.8 Å². The van der Waals surface area contributed by atoms with Gasteiger partial charge in [-0.3, -0.25) is 4.79 Å². The molecule has 0 unspecified atom stereocenters. The standard InChI is InChI=1S/C13H18N2O3/c1-17-10-4-5-11(12(8-10)18-2)15-7-3-6-14-13(16)9-15/h4-5,8H,3,6-7,9H2,1-2H3,(H,14,16). The van der Waals surface area contributed by atoms with E-state index >= 15 is 0 Å². The average Bonchev–Trinajstić information content (AvgIpc) is 2.62. The third-order valence-corrected chi connectivity index (χ3v) is 2.99. The molecule has 1 N–H and O–H groups in total. The van der Waals surface area contributed by atoms with Gasteiger partial charge in [-0.2, -0.15) is 0 Å². The quantitative estimate of drug-likeness (QED) is 0.870. The molecule has 1 saturated heterocycles. The van der Waals surface area contributed by atoms with Gasteiger partial charge in [-0.1, -0.05) is 0 Å². The zero-order valence-corrected chi connectivity index (χ0v) is 10.7. The normalized spacial score (nSPS) is 15.9. The fourth-order valence-corrected chi connectivity index (χ4v) is 2.06. The number of ether oxygens (including phenoxy) is 2. The SMILES string of the molecule is COc1ccc(N2CCCNC(=O)C2)c(OC)c1. The molecular weight excluding hydrogens is 232 g/mol. The van der Waals surface area contributed by atoms with Crippen LogP contribution in [0.25, 0.3) is 0 Å². The van der Waals surface area contributed by atoms with Gasteiger partial charge in [0, 0.05) is 19.2 Å². The van der Waals surface area contributed by atoms with E-state index in [9.17, 15) is 4.79 Å². The monoisotopic (exact) mass is 250 g/mol. The maximum absolute atomic E-state index is 11.6. The third kappa shape index (κ3) is 2.67. The minimum Gasteiger partial charge on any atom is -0.497 e. The molecule has 18 heavy (non-hydrogen) atoms. The molecule has 0 atom stereocenters. The Labute approximate surface area is 107 Å². The van der Waals surface area contributed by atoms with E-state index in [2.05, 4.69) is 5.32 Å². The summed E-state index contributed by atoms with van der Waals surface area (Å²) in [6.07, 6.45) is 0.931. The Bertz CT molecular complexity index is 434. The van der Waals surface area contributed by atoms with Gasteiger partial charge in [-0.15, -0.1) is 0 Å². The molecule has 1 aliphatic heterocycles. The molecule has 98 valence electrons. The number of methoxy groups -OCH3 is 2. The fraction of sp³-hybridized carbons (Fsp3) is 0.462. The molecule has 1 aliphatic rings. The number of carbonyl (C=O) groups excluding carboxylic acids is 1. The first kappa shape index (κ1) is 12.5. The lowest BCUT2D eigenvalue weighted by Gasteiger charge is -2.23. The van der Waals surface area contributed by atoms with Crippen LogP contribution in [-0.4, -0.2) is 39.8 Å². The first-order valence-electron chi connectivity index (χ1n) is 5.98. The van der Waals surface area contributed by atoms with E-state index in [4.69, 9.17) is 9.47 Å². The Morgan fingerprint density at radius 2 is 2.11 bits per heavy atom. The third-order valence-electron chi connectivity index (χ3n) is 2.99. The van der Waals surface area contributed by atoms with Crippen molar-refractivity contribution in [3.8, 4) is 11.5 Å². The van der Waals surface area contributed by atoms with Gasteiger partial charge < -0.3 is 19.7 Å². The highest BCUT2D eigenvalue weighted by Crippen LogP contribution is 2.32. The van der Waals surface area contributed by atoms with Gasteiger partial charge in [0.15, 0.2) is 0 Å². The molecule has 1 aromatic carbocycles. The van der Waals surface area contributed by atoms with E-state index in [0.29, 0.717) is 6.54 Å². The molecule has 0 aromatic heterocycles. The highest BCUT2D eigenvalue weighted by molar-refractivity contribution is 5.82. The van der Waals surface area contributed by atoms with Crippen molar-refractivity contribution in [2.24, 2.45) is 0 Å². The van der Waals surface area contributed by atoms with Crippen LogP contribution in [0.15, 0.2) is 18.2 Å². The molecule has 5 heteroatoms. The van der Waals surface area contributed by atoms with Crippen molar-refractivity contribution in [1.29, 1.82) is 0 Å². The van der Waals surface area contributed by atoms with Crippen LogP contribution in [0.2, 0.25) is 0 Å². The van der Waals surface area contributed by atoms with E-state index < -0.39 is 0 Å². The maximum atomic E-state index is 11.6. The lowest BCUT2D eigenvalue weighted by molar-refractivity contribution is -0.119. The number of anilines is 1. The Morgan fingerprint density at radius 1 is 1.28 bits per heavy atom. The molecule has 0 spiro atoms. The number of nitrogens with one attached hydrogen (secondary N) is 1. The van der Waals surface area contributed by atoms with Gasteiger partial charge in [0.2, 0.25) is 5.91 Å². The van der Waals surface area contributed by atoms with E-state index in [1.54, 1.807) is 14.2 Å². The molecule has 1 aromatic rings. The van der Waals surface area contributed by atoms with Crippen LogP contribution in [0.5, 0.6) is 11.5 Å². The van der Waals surface area contributed by atoms with Gasteiger partial charge in [0.1, 0.15) is 11.5 Å². The average molecular weight is 250 g/mol. The van der Waals surface area contributed by atoms with Gasteiger partial charge >= 0.3 is 0 Å². The molecule has 1 fully saturated rings. The highest BCUT2D eigenvalue weighted by atomic mass is 16.5. The van der Waals surface area contributed by atoms with Crippen LogP contribution >= 0.6 is 0 Å². The lowest BCUT2D eigenvalue weighted by Crippen LogP contribution is -2.33. The van der Waals surface area contributed by atoms with E-state index in [0.717, 1.165) is 36.7 Å². The van der Waals surface area contributed by atoms with Crippen molar-refractivity contribution in [1.82, 2.24) is 5.32 Å². The van der Waals surface area contributed by atoms with Crippen molar-refractivity contribution >= 4 is 11.6 Å². The van der Waals surface area contributed by atoms with Crippen molar-refractivity contribution in [3.05, 3.63) is 18.2 Å². The number of rotatable bonds is 3. The second-order valence-electron chi connectivity index (χ2n) is 4.16. The van der Waals surface area contributed by atoms with E-state index in [1.807, 2.05) is 23.1 Å². The number of amides is 1. The Kier molecular flexibility index (Phi) is 3.92. The zero-order valence-electron chi connectivity index (χ0n) is 10.7. The van der Waals surface area contributed by atoms with Crippen LogP contribution in [0.1, 0.15) is 6.42 Å². The number of benzene rings is 1. The van der Waals surface area contributed by atoms with Crippen molar-refractivity contribution in [2.45, 2.75) is 6.42 Å². The summed E-state index contributed by atoms with van der Waals surface area (Å²) in [6, 6.07) is 5.63. The molecule has 0 saturated carbocycles. The molecule has 2 rings (SSSR count). The van der Waals surface area contributed by atoms with Gasteiger partial charge in [0.25, 0.3) is 0 Å². The lowest BCUT2D eigenvalue weighted by atomic mass is 10.2. The largest absolute Gasteiger partial charge is 0.497 e. The van der Waals surface area contributed by atoms with Gasteiger partial charge in [-0.05, 0) is 18.6 Å². The summed E-state index contributed by atoms with van der Waals surface area (Å²) in [5, 5.41) is 2.86. The highest BCUT2D eigenvalue weighted by Gasteiger charge is 2.18. The van der Waals surface area contributed by atoms with Gasteiger partial charge in [-0.25, -0.2) is 0 Å². The second kappa shape index (κ2) is 5.62. The Hall–Kier alpha value is -1.91. The molecule has 0 aliphatic carbocycles. The zero-order chi connectivity index (χ0) is 13.0. The predicted molar refractivity (Wildman–Crippen MR) is 69.4 cm³/mol. The summed E-state index contributed by atoms with van der Waals surface area (Å²) in [7, 11) is 3.24. The minimum absolute atomic E-state index is 0.0466. The topological polar surface area (TPSA) is 50.8 Å². The summed E-state index contributed by atoms with van der Waals surface area (Å²) in [5.74, 6) is 1.52. The smallest absolute Gasteiger partial charge is 0.239 e. The molecule has 1 heterocycles. The first-order chi connectivity index (χ1) is 8.74. The predicted octanol–water partition coefficient (Wildman–Crippen LogP) is 1.03. The maximum Gasteiger partial charge on any atom is 0.239 e. The second-order valence-corrected chi connectivity index (χ2v) is 4.16. The van der Waals surface area contributed by atoms with Crippen LogP contribution in [0.3, 0.4) is 0 Å². The molecule has 5 nitrogen and oxygen atoms in total. The number of carbonyl (C=O) groups is 1. The van der Waals surface area contributed by atoms with E-state index in [-0.39, 0.29) is 5.91 Å². The molecule has 0 bridgehead atoms. The Balaban J connectivity index is 2.27. The summed E-state index contributed by atoms with van der Waals surface area (Å²) in [6.45, 7) is 1.93. The van der Waals surface area contributed by atoms with Crippen molar-refractivity contribution < 1.29 is 14.3 Å². The van der Waals surface area contributed by atoms with Crippen LogP contribution in [0, 0.1) is 0 Å². The van der Waals surface area contributed by atoms with Gasteiger partial charge in [0.05, 0.1) is 26.5 Å². The number of nitrogens with zero attached hydrogens (tertiary/aromatic N) is 1. The number of hydrogen-bond acceptors (Lipinski definition) is 4.